The Labute approximate surface area is 182 Å². The first kappa shape index (κ1) is 20.3. The fourth-order valence-corrected chi connectivity index (χ4v) is 3.07. The molecule has 0 saturated heterocycles. The summed E-state index contributed by atoms with van der Waals surface area (Å²) in [4.78, 5) is 17.1. The number of hydrogen-bond acceptors (Lipinski definition) is 3. The summed E-state index contributed by atoms with van der Waals surface area (Å²) in [6.45, 7) is 1.71. The normalized spacial score (nSPS) is 10.7. The predicted molar refractivity (Wildman–Crippen MR) is 99.0 cm³/mol. The molecule has 2 aromatic carbocycles. The SMILES string of the molecule is COc1ccc(-c2cc(=O)n3[nH]c(C)c(-c4ccc(F)cc4F)c3n2)cc1.[H-].[Na+]. The molecule has 0 aliphatic heterocycles. The van der Waals surface area contributed by atoms with Crippen molar-refractivity contribution in [1.82, 2.24) is 14.6 Å². The van der Waals surface area contributed by atoms with E-state index in [4.69, 9.17) is 4.74 Å². The number of hydrogen-bond donors (Lipinski definition) is 1. The summed E-state index contributed by atoms with van der Waals surface area (Å²) in [5.41, 5.74) is 2.26. The molecule has 0 aliphatic carbocycles. The number of nitrogens with one attached hydrogen (secondary N) is 1. The summed E-state index contributed by atoms with van der Waals surface area (Å²) in [6, 6.07) is 11.8. The number of fused-ring (bicyclic) bond motifs is 1. The van der Waals surface area contributed by atoms with Gasteiger partial charge in [0.2, 0.25) is 0 Å². The summed E-state index contributed by atoms with van der Waals surface area (Å²) >= 11 is 0. The van der Waals surface area contributed by atoms with E-state index in [9.17, 15) is 13.6 Å². The van der Waals surface area contributed by atoms with Crippen LogP contribution in [-0.4, -0.2) is 21.7 Å². The van der Waals surface area contributed by atoms with Gasteiger partial charge in [0.05, 0.1) is 12.8 Å². The number of methoxy groups -OCH3 is 1. The summed E-state index contributed by atoms with van der Waals surface area (Å²) in [5.74, 6) is -0.704. The minimum absolute atomic E-state index is 0. The van der Waals surface area contributed by atoms with Crippen molar-refractivity contribution in [2.75, 3.05) is 7.11 Å². The second-order valence-electron chi connectivity index (χ2n) is 6.10. The Balaban J connectivity index is 0.00000150. The van der Waals surface area contributed by atoms with Gasteiger partial charge < -0.3 is 6.16 Å². The fourth-order valence-electron chi connectivity index (χ4n) is 3.07. The summed E-state index contributed by atoms with van der Waals surface area (Å²) in [6.07, 6.45) is 0. The van der Waals surface area contributed by atoms with Crippen molar-refractivity contribution >= 4 is 5.65 Å². The topological polar surface area (TPSA) is 59.4 Å². The molecule has 0 amide bonds. The van der Waals surface area contributed by atoms with Gasteiger partial charge in [0.15, 0.2) is 5.65 Å². The Bertz CT molecular complexity index is 1220. The number of rotatable bonds is 3. The van der Waals surface area contributed by atoms with Crippen molar-refractivity contribution in [3.8, 4) is 28.1 Å². The van der Waals surface area contributed by atoms with E-state index in [-0.39, 0.29) is 47.8 Å². The molecule has 1 N–H and O–H groups in total. The molecule has 4 rings (SSSR count). The van der Waals surface area contributed by atoms with Gasteiger partial charge in [-0.3, -0.25) is 9.89 Å². The van der Waals surface area contributed by atoms with Crippen LogP contribution in [0.2, 0.25) is 0 Å². The van der Waals surface area contributed by atoms with Crippen LogP contribution in [0.15, 0.2) is 53.3 Å². The van der Waals surface area contributed by atoms with E-state index < -0.39 is 11.6 Å². The van der Waals surface area contributed by atoms with E-state index in [1.807, 2.05) is 0 Å². The van der Waals surface area contributed by atoms with Gasteiger partial charge in [-0.25, -0.2) is 18.3 Å². The maximum Gasteiger partial charge on any atom is 1.00 e. The van der Waals surface area contributed by atoms with E-state index in [2.05, 4.69) is 10.1 Å². The van der Waals surface area contributed by atoms with Gasteiger partial charge >= 0.3 is 29.6 Å². The van der Waals surface area contributed by atoms with Gasteiger partial charge in [0.1, 0.15) is 17.4 Å². The second kappa shape index (κ2) is 7.87. The van der Waals surface area contributed by atoms with E-state index in [1.165, 1.54) is 22.7 Å². The Kier molecular flexibility index (Phi) is 5.69. The maximum atomic E-state index is 14.3. The molecule has 2 aromatic heterocycles. The molecule has 0 atom stereocenters. The Morgan fingerprint density at radius 3 is 2.46 bits per heavy atom. The quantitative estimate of drug-likeness (QED) is 0.532. The van der Waals surface area contributed by atoms with Gasteiger partial charge in [-0.15, -0.1) is 0 Å². The van der Waals surface area contributed by atoms with Crippen LogP contribution >= 0.6 is 0 Å². The Morgan fingerprint density at radius 1 is 1.11 bits per heavy atom. The fraction of sp³-hybridized carbons (Fsp3) is 0.100. The van der Waals surface area contributed by atoms with Crippen molar-refractivity contribution in [1.29, 1.82) is 0 Å². The smallest absolute Gasteiger partial charge is 1.00 e. The Morgan fingerprint density at radius 2 is 1.82 bits per heavy atom. The Hall–Kier alpha value is -2.48. The van der Waals surface area contributed by atoms with Crippen LogP contribution in [0.5, 0.6) is 5.75 Å². The van der Waals surface area contributed by atoms with Crippen LogP contribution in [0.4, 0.5) is 8.78 Å². The molecule has 138 valence electrons. The first-order valence-corrected chi connectivity index (χ1v) is 8.20. The molecule has 2 heterocycles. The van der Waals surface area contributed by atoms with Crippen molar-refractivity contribution < 1.29 is 44.5 Å². The second-order valence-corrected chi connectivity index (χ2v) is 6.10. The number of benzene rings is 2. The molecule has 0 spiro atoms. The number of halogens is 2. The minimum Gasteiger partial charge on any atom is -1.00 e. The standard InChI is InChI=1S/C20H15F2N3O2.Na.H/c1-11-19(15-8-5-13(21)9-16(15)22)20-23-17(10-18(26)25(20)24-11)12-3-6-14(27-2)7-4-12;;/h3-10,24H,1-2H3;;/q;+1;-1. The zero-order valence-corrected chi connectivity index (χ0v) is 17.6. The third kappa shape index (κ3) is 3.48. The molecule has 0 bridgehead atoms. The molecular formula is C20H16F2N3NaO2. The molecule has 0 unspecified atom stereocenters. The van der Waals surface area contributed by atoms with Crippen LogP contribution < -0.4 is 39.9 Å². The van der Waals surface area contributed by atoms with Gasteiger partial charge in [-0.2, -0.15) is 0 Å². The minimum atomic E-state index is -0.719. The number of aromatic amines is 1. The zero-order valence-electron chi connectivity index (χ0n) is 16.6. The molecular weight excluding hydrogens is 375 g/mol. The average molecular weight is 391 g/mol. The van der Waals surface area contributed by atoms with Gasteiger partial charge in [-0.1, -0.05) is 0 Å². The van der Waals surface area contributed by atoms with Gasteiger partial charge in [0.25, 0.3) is 5.56 Å². The summed E-state index contributed by atoms with van der Waals surface area (Å²) in [5, 5.41) is 2.89. The number of H-pyrrole nitrogens is 1. The van der Waals surface area contributed by atoms with Crippen molar-refractivity contribution in [2.24, 2.45) is 0 Å². The van der Waals surface area contributed by atoms with E-state index in [0.717, 1.165) is 11.6 Å². The van der Waals surface area contributed by atoms with Gasteiger partial charge in [-0.05, 0) is 43.3 Å². The first-order chi connectivity index (χ1) is 13.0. The molecule has 0 saturated carbocycles. The third-order valence-corrected chi connectivity index (χ3v) is 4.38. The van der Waals surface area contributed by atoms with E-state index >= 15 is 0 Å². The number of aryl methyl sites for hydroxylation is 1. The van der Waals surface area contributed by atoms with Crippen LogP contribution in [0.1, 0.15) is 7.12 Å². The van der Waals surface area contributed by atoms with Crippen LogP contribution in [0, 0.1) is 18.6 Å². The van der Waals surface area contributed by atoms with Crippen LogP contribution in [0.25, 0.3) is 28.0 Å². The number of nitrogens with zero attached hydrogens (tertiary/aromatic N) is 2. The van der Waals surface area contributed by atoms with Crippen molar-refractivity contribution in [3.05, 3.63) is 76.2 Å². The molecule has 4 aromatic rings. The summed E-state index contributed by atoms with van der Waals surface area (Å²) in [7, 11) is 1.57. The largest absolute Gasteiger partial charge is 1.00 e. The van der Waals surface area contributed by atoms with Crippen LogP contribution in [-0.2, 0) is 0 Å². The first-order valence-electron chi connectivity index (χ1n) is 8.20. The molecule has 0 radical (unpaired) electrons. The zero-order chi connectivity index (χ0) is 19.1. The molecule has 8 heteroatoms. The van der Waals surface area contributed by atoms with Crippen molar-refractivity contribution in [3.63, 3.8) is 0 Å². The monoisotopic (exact) mass is 391 g/mol. The predicted octanol–water partition coefficient (Wildman–Crippen LogP) is 1.07. The maximum absolute atomic E-state index is 14.3. The van der Waals surface area contributed by atoms with Gasteiger partial charge in [0, 0.05) is 34.5 Å². The number of aromatic nitrogens is 3. The molecule has 28 heavy (non-hydrogen) atoms. The van der Waals surface area contributed by atoms with Crippen molar-refractivity contribution in [2.45, 2.75) is 6.92 Å². The van der Waals surface area contributed by atoms with E-state index in [1.54, 1.807) is 38.3 Å². The third-order valence-electron chi connectivity index (χ3n) is 4.38. The molecule has 0 fully saturated rings. The van der Waals surface area contributed by atoms with E-state index in [0.29, 0.717) is 22.7 Å². The molecule has 5 nitrogen and oxygen atoms in total. The molecule has 0 aliphatic rings. The van der Waals surface area contributed by atoms with Crippen LogP contribution in [0.3, 0.4) is 0 Å². The average Bonchev–Trinajstić information content (AvgIpc) is 2.98. The number of ether oxygens (including phenoxy) is 1. The summed E-state index contributed by atoms with van der Waals surface area (Å²) < 4.78 is 34.0.